The monoisotopic (exact) mass is 290 g/mol. The van der Waals surface area contributed by atoms with Crippen LogP contribution in [0.1, 0.15) is 27.6 Å². The van der Waals surface area contributed by atoms with E-state index >= 15 is 0 Å². The lowest BCUT2D eigenvalue weighted by Crippen LogP contribution is -2.10. The van der Waals surface area contributed by atoms with Gasteiger partial charge in [-0.1, -0.05) is 18.2 Å². The van der Waals surface area contributed by atoms with Gasteiger partial charge in [0.25, 0.3) is 0 Å². The third-order valence-corrected chi connectivity index (χ3v) is 4.00. The highest BCUT2D eigenvalue weighted by Crippen LogP contribution is 2.37. The summed E-state index contributed by atoms with van der Waals surface area (Å²) < 4.78 is 5.98. The summed E-state index contributed by atoms with van der Waals surface area (Å²) in [4.78, 5) is 15.8. The van der Waals surface area contributed by atoms with Crippen LogP contribution >= 0.6 is 0 Å². The molecule has 0 bridgehead atoms. The van der Waals surface area contributed by atoms with Crippen LogP contribution in [0.5, 0.6) is 5.75 Å². The molecule has 1 atom stereocenters. The van der Waals surface area contributed by atoms with E-state index in [0.29, 0.717) is 5.56 Å². The fourth-order valence-electron chi connectivity index (χ4n) is 2.85. The minimum atomic E-state index is -0.418. The van der Waals surface area contributed by atoms with Gasteiger partial charge in [-0.15, -0.1) is 0 Å². The van der Waals surface area contributed by atoms with Gasteiger partial charge in [-0.3, -0.25) is 9.78 Å². The second-order valence-corrected chi connectivity index (χ2v) is 5.46. The Morgan fingerprint density at radius 1 is 1.18 bits per heavy atom. The number of nitrogens with two attached hydrogens (primary N) is 1. The maximum Gasteiger partial charge on any atom is 0.248 e. The van der Waals surface area contributed by atoms with Gasteiger partial charge in [-0.25, -0.2) is 0 Å². The van der Waals surface area contributed by atoms with Crippen LogP contribution in [0.2, 0.25) is 0 Å². The van der Waals surface area contributed by atoms with Crippen LogP contribution in [0.4, 0.5) is 0 Å². The van der Waals surface area contributed by atoms with Crippen molar-refractivity contribution < 1.29 is 9.53 Å². The third-order valence-electron chi connectivity index (χ3n) is 4.00. The van der Waals surface area contributed by atoms with Crippen LogP contribution in [0.25, 0.3) is 10.9 Å². The summed E-state index contributed by atoms with van der Waals surface area (Å²) >= 11 is 0. The molecule has 2 N–H and O–H groups in total. The Labute approximate surface area is 127 Å². The van der Waals surface area contributed by atoms with Gasteiger partial charge in [0.1, 0.15) is 11.9 Å². The lowest BCUT2D eigenvalue weighted by molar-refractivity contribution is 0.1000. The fraction of sp³-hybridized carbons (Fsp3) is 0.111. The van der Waals surface area contributed by atoms with Gasteiger partial charge in [0.05, 0.1) is 5.52 Å². The highest BCUT2D eigenvalue weighted by Gasteiger charge is 2.25. The number of aromatic nitrogens is 1. The molecule has 0 saturated carbocycles. The molecule has 0 radical (unpaired) electrons. The zero-order chi connectivity index (χ0) is 15.1. The van der Waals surface area contributed by atoms with Gasteiger partial charge in [-0.05, 0) is 35.9 Å². The molecule has 1 amide bonds. The Morgan fingerprint density at radius 3 is 2.91 bits per heavy atom. The molecule has 1 unspecified atom stereocenters. The minimum absolute atomic E-state index is 0.0739. The molecule has 2 aromatic carbocycles. The number of para-hydroxylation sites is 1. The molecule has 4 rings (SSSR count). The number of hydrogen-bond acceptors (Lipinski definition) is 3. The summed E-state index contributed by atoms with van der Waals surface area (Å²) in [5, 5.41) is 1.09. The molecule has 4 heteroatoms. The third kappa shape index (κ3) is 2.09. The zero-order valence-electron chi connectivity index (χ0n) is 11.8. The Balaban J connectivity index is 1.68. The number of nitrogens with zero attached hydrogens (tertiary/aromatic N) is 1. The molecule has 0 saturated heterocycles. The summed E-state index contributed by atoms with van der Waals surface area (Å²) in [6.45, 7) is 0. The first-order chi connectivity index (χ1) is 10.7. The summed E-state index contributed by atoms with van der Waals surface area (Å²) in [7, 11) is 0. The molecular weight excluding hydrogens is 276 g/mol. The topological polar surface area (TPSA) is 65.2 Å². The number of benzene rings is 2. The first-order valence-electron chi connectivity index (χ1n) is 7.15. The van der Waals surface area contributed by atoms with Gasteiger partial charge in [0.2, 0.25) is 5.91 Å². The molecule has 1 aromatic heterocycles. The zero-order valence-corrected chi connectivity index (χ0v) is 11.8. The number of primary amides is 1. The lowest BCUT2D eigenvalue weighted by atomic mass is 10.0. The number of hydrogen-bond donors (Lipinski definition) is 1. The van der Waals surface area contributed by atoms with Crippen molar-refractivity contribution >= 4 is 16.8 Å². The normalized spacial score (nSPS) is 16.3. The number of carbonyl (C=O) groups excluding carboxylic acids is 1. The average molecular weight is 290 g/mol. The molecule has 4 nitrogen and oxygen atoms in total. The Kier molecular flexibility index (Phi) is 2.82. The molecule has 0 aliphatic carbocycles. The van der Waals surface area contributed by atoms with Crippen LogP contribution in [-0.4, -0.2) is 10.9 Å². The number of amides is 1. The van der Waals surface area contributed by atoms with Gasteiger partial charge in [0, 0.05) is 29.1 Å². The largest absolute Gasteiger partial charge is 0.485 e. The Hall–Kier alpha value is -2.88. The van der Waals surface area contributed by atoms with Crippen molar-refractivity contribution in [2.75, 3.05) is 0 Å². The van der Waals surface area contributed by atoms with E-state index in [9.17, 15) is 4.79 Å². The second-order valence-electron chi connectivity index (χ2n) is 5.46. The minimum Gasteiger partial charge on any atom is -0.485 e. The SMILES string of the molecule is NC(=O)c1ccc2c(c1)CC(c1cnc3ccccc3c1)O2. The smallest absolute Gasteiger partial charge is 0.248 e. The molecule has 0 fully saturated rings. The first kappa shape index (κ1) is 12.8. The van der Waals surface area contributed by atoms with Crippen molar-refractivity contribution in [3.05, 3.63) is 71.4 Å². The molecule has 22 heavy (non-hydrogen) atoms. The van der Waals surface area contributed by atoms with E-state index in [0.717, 1.165) is 34.2 Å². The molecule has 3 aromatic rings. The number of carbonyl (C=O) groups is 1. The highest BCUT2D eigenvalue weighted by molar-refractivity contribution is 5.93. The standard InChI is InChI=1S/C18H14N2O2/c19-18(21)12-5-6-16-13(8-12)9-17(22-16)14-7-11-3-1-2-4-15(11)20-10-14/h1-8,10,17H,9H2,(H2,19,21). The van der Waals surface area contributed by atoms with Crippen molar-refractivity contribution in [2.24, 2.45) is 5.73 Å². The summed E-state index contributed by atoms with van der Waals surface area (Å²) in [6.07, 6.45) is 2.50. The molecule has 1 aliphatic rings. The molecule has 108 valence electrons. The Morgan fingerprint density at radius 2 is 2.05 bits per heavy atom. The maximum atomic E-state index is 11.3. The average Bonchev–Trinajstić information content (AvgIpc) is 2.97. The number of ether oxygens (including phenoxy) is 1. The van der Waals surface area contributed by atoms with Crippen molar-refractivity contribution in [2.45, 2.75) is 12.5 Å². The molecule has 1 aliphatic heterocycles. The summed E-state index contributed by atoms with van der Waals surface area (Å²) in [5.74, 6) is 0.391. The number of pyridine rings is 1. The number of fused-ring (bicyclic) bond motifs is 2. The van der Waals surface area contributed by atoms with Gasteiger partial charge >= 0.3 is 0 Å². The fourth-order valence-corrected chi connectivity index (χ4v) is 2.85. The maximum absolute atomic E-state index is 11.3. The van der Waals surface area contributed by atoms with Crippen molar-refractivity contribution in [1.82, 2.24) is 4.98 Å². The van der Waals surface area contributed by atoms with Crippen molar-refractivity contribution in [1.29, 1.82) is 0 Å². The van der Waals surface area contributed by atoms with Gasteiger partial charge in [-0.2, -0.15) is 0 Å². The second kappa shape index (κ2) is 4.84. The summed E-state index contributed by atoms with van der Waals surface area (Å²) in [5.41, 5.74) is 8.86. The van der Waals surface area contributed by atoms with Crippen molar-refractivity contribution in [3.63, 3.8) is 0 Å². The predicted molar refractivity (Wildman–Crippen MR) is 83.8 cm³/mol. The van der Waals surface area contributed by atoms with Crippen LogP contribution < -0.4 is 10.5 Å². The molecule has 2 heterocycles. The predicted octanol–water partition coefficient (Wildman–Crippen LogP) is 3.01. The molecule has 0 spiro atoms. The van der Waals surface area contributed by atoms with E-state index in [1.165, 1.54) is 0 Å². The van der Waals surface area contributed by atoms with E-state index in [4.69, 9.17) is 10.5 Å². The lowest BCUT2D eigenvalue weighted by Gasteiger charge is -2.11. The van der Waals surface area contributed by atoms with Crippen molar-refractivity contribution in [3.8, 4) is 5.75 Å². The summed E-state index contributed by atoms with van der Waals surface area (Å²) in [6, 6.07) is 15.4. The van der Waals surface area contributed by atoms with E-state index in [2.05, 4.69) is 11.1 Å². The van der Waals surface area contributed by atoms with Crippen LogP contribution in [0.3, 0.4) is 0 Å². The van der Waals surface area contributed by atoms with Crippen LogP contribution in [0, 0.1) is 0 Å². The highest BCUT2D eigenvalue weighted by atomic mass is 16.5. The van der Waals surface area contributed by atoms with E-state index in [1.54, 1.807) is 6.07 Å². The molecular formula is C18H14N2O2. The Bertz CT molecular complexity index is 889. The van der Waals surface area contributed by atoms with E-state index in [1.807, 2.05) is 42.6 Å². The van der Waals surface area contributed by atoms with Crippen LogP contribution in [-0.2, 0) is 6.42 Å². The quantitative estimate of drug-likeness (QED) is 0.789. The first-order valence-corrected chi connectivity index (χ1v) is 7.15. The van der Waals surface area contributed by atoms with Gasteiger partial charge < -0.3 is 10.5 Å². The van der Waals surface area contributed by atoms with E-state index < -0.39 is 5.91 Å². The van der Waals surface area contributed by atoms with Gasteiger partial charge in [0.15, 0.2) is 0 Å². The van der Waals surface area contributed by atoms with Crippen LogP contribution in [0.15, 0.2) is 54.7 Å². The number of rotatable bonds is 2. The van der Waals surface area contributed by atoms with E-state index in [-0.39, 0.29) is 6.10 Å².